The molecule has 6 aromatic carbocycles. The zero-order valence-corrected chi connectivity index (χ0v) is 48.2. The maximum Gasteiger partial charge on any atom is 0.416 e. The smallest absolute Gasteiger partial charge is 0.390 e. The molecule has 80 heavy (non-hydrogen) atoms. The van der Waals surface area contributed by atoms with Crippen LogP contribution in [0.2, 0.25) is 0 Å². The SMILES string of the molecule is CI.Cc1ccc(-c2ccc3c(c2)CNCC3)cc1.Cl.Cl.O=C(N1CCc2ccc(-c3ccc(C(F)(F)F)cc3)cc2C1)N1CC(O)C1.O=C(N1CCc2ccc(-c3ccc(C(F)(F)F)cc3)cc2C1)N1CC(O)C1.OC1CNC1. The Labute approximate surface area is 489 Å². The molecule has 6 heterocycles. The van der Waals surface area contributed by atoms with Crippen molar-refractivity contribution < 1.29 is 51.3 Å². The minimum atomic E-state index is -4.35. The van der Waals surface area contributed by atoms with E-state index >= 15 is 0 Å². The van der Waals surface area contributed by atoms with Gasteiger partial charge < -0.3 is 45.6 Å². The molecule has 3 saturated heterocycles. The fourth-order valence-electron chi connectivity index (χ4n) is 9.81. The number of nitrogens with one attached hydrogen (secondary N) is 2. The molecule has 20 heteroatoms. The van der Waals surface area contributed by atoms with Gasteiger partial charge in [-0.3, -0.25) is 0 Å². The number of aliphatic hydroxyl groups is 3. The van der Waals surface area contributed by atoms with Gasteiger partial charge in [-0.2, -0.15) is 26.3 Å². The number of rotatable bonds is 3. The van der Waals surface area contributed by atoms with Crippen molar-refractivity contribution >= 4 is 59.5 Å². The van der Waals surface area contributed by atoms with Gasteiger partial charge >= 0.3 is 24.4 Å². The van der Waals surface area contributed by atoms with Crippen LogP contribution in [0, 0.1) is 6.92 Å². The summed E-state index contributed by atoms with van der Waals surface area (Å²) in [7, 11) is 0. The lowest BCUT2D eigenvalue weighted by atomic mass is 9.94. The van der Waals surface area contributed by atoms with Gasteiger partial charge in [0.05, 0.1) is 55.6 Å². The van der Waals surface area contributed by atoms with E-state index in [9.17, 15) is 46.1 Å². The van der Waals surface area contributed by atoms with Crippen molar-refractivity contribution in [1.82, 2.24) is 30.2 Å². The zero-order valence-electron chi connectivity index (χ0n) is 44.4. The van der Waals surface area contributed by atoms with Gasteiger partial charge in [-0.1, -0.05) is 113 Å². The second-order valence-electron chi connectivity index (χ2n) is 20.2. The van der Waals surface area contributed by atoms with Crippen molar-refractivity contribution in [2.45, 2.75) is 76.5 Å². The summed E-state index contributed by atoms with van der Waals surface area (Å²) in [6.45, 7) is 9.48. The molecule has 0 atom stereocenters. The highest BCUT2D eigenvalue weighted by molar-refractivity contribution is 14.1. The summed E-state index contributed by atoms with van der Waals surface area (Å²) in [6.07, 6.45) is -6.97. The molecule has 0 aromatic heterocycles. The van der Waals surface area contributed by atoms with E-state index in [0.29, 0.717) is 63.5 Å². The Hall–Kier alpha value is -5.45. The lowest BCUT2D eigenvalue weighted by Crippen LogP contribution is -2.58. The van der Waals surface area contributed by atoms with Gasteiger partial charge in [-0.05, 0) is 147 Å². The van der Waals surface area contributed by atoms with Crippen molar-refractivity contribution in [3.05, 3.63) is 177 Å². The predicted molar refractivity (Wildman–Crippen MR) is 313 cm³/mol. The Balaban J connectivity index is 0.000000184. The third kappa shape index (κ3) is 16.4. The van der Waals surface area contributed by atoms with E-state index in [1.165, 1.54) is 52.1 Å². The van der Waals surface area contributed by atoms with Gasteiger partial charge in [0.25, 0.3) is 0 Å². The molecule has 4 amide bonds. The second-order valence-corrected chi connectivity index (χ2v) is 20.2. The van der Waals surface area contributed by atoms with Crippen LogP contribution < -0.4 is 10.6 Å². The molecule has 5 N–H and O–H groups in total. The number of likely N-dealkylation sites (tertiary alicyclic amines) is 2. The van der Waals surface area contributed by atoms with Crippen molar-refractivity contribution in [2.75, 3.05) is 63.8 Å². The van der Waals surface area contributed by atoms with Crippen LogP contribution in [-0.4, -0.2) is 129 Å². The Bertz CT molecular complexity index is 2850. The summed E-state index contributed by atoms with van der Waals surface area (Å²) < 4.78 is 76.4. The zero-order chi connectivity index (χ0) is 55.7. The Morgan fingerprint density at radius 1 is 0.463 bits per heavy atom. The molecular formula is C60H67Cl2F6IN6O5. The van der Waals surface area contributed by atoms with E-state index < -0.39 is 35.7 Å². The molecule has 6 aromatic rings. The Morgan fingerprint density at radius 2 is 0.800 bits per heavy atom. The van der Waals surface area contributed by atoms with Crippen LogP contribution in [0.25, 0.3) is 33.4 Å². The van der Waals surface area contributed by atoms with Crippen LogP contribution in [0.5, 0.6) is 0 Å². The van der Waals surface area contributed by atoms with E-state index in [2.05, 4.69) is 82.6 Å². The normalized spacial score (nSPS) is 16.6. The number of carbonyl (C=O) groups is 2. The largest absolute Gasteiger partial charge is 0.416 e. The number of hydrogen-bond donors (Lipinski definition) is 5. The number of urea groups is 2. The van der Waals surface area contributed by atoms with Crippen LogP contribution in [0.3, 0.4) is 0 Å². The van der Waals surface area contributed by atoms with Gasteiger partial charge in [-0.25, -0.2) is 9.59 Å². The topological polar surface area (TPSA) is 132 Å². The van der Waals surface area contributed by atoms with Crippen LogP contribution in [-0.2, 0) is 51.2 Å². The first kappa shape index (κ1) is 63.7. The molecule has 3 fully saturated rings. The summed E-state index contributed by atoms with van der Waals surface area (Å²) in [6, 6.07) is 37.3. The summed E-state index contributed by atoms with van der Waals surface area (Å²) in [5, 5.41) is 33.5. The first-order valence-corrected chi connectivity index (χ1v) is 28.2. The number of alkyl halides is 7. The summed E-state index contributed by atoms with van der Waals surface area (Å²) in [4.78, 5) is 33.6. The van der Waals surface area contributed by atoms with E-state index in [1.54, 1.807) is 19.6 Å². The lowest BCUT2D eigenvalue weighted by molar-refractivity contribution is -0.138. The average molecular weight is 1260 g/mol. The molecule has 12 rings (SSSR count). The fourth-order valence-corrected chi connectivity index (χ4v) is 9.81. The number of β-amino-alcohol motifs (C(OH)–C–C–N with tert-alkyl or cyclic N) is 3. The van der Waals surface area contributed by atoms with Crippen molar-refractivity contribution in [3.63, 3.8) is 0 Å². The first-order chi connectivity index (χ1) is 37.3. The number of aliphatic hydroxyl groups excluding tert-OH is 3. The standard InChI is InChI=1S/2C20H19F3N2O2.C16H17N.C3H7NO.CH3I.2ClH/c2*21-20(22,23)17-5-3-13(4-6-17)15-2-1-14-7-8-24(10-16(14)9-15)19(27)25-11-18(26)12-25;1-12-2-4-13(5-3-12)15-7-6-14-8-9-17-11-16(14)10-15;5-3-1-4-2-3;1-2;;/h2*1-6,9,18,26H,7-8,10-12H2;2-7,10,17H,8-9,11H2,1H3;3-5H,1-2H2;1H3;2*1H. The van der Waals surface area contributed by atoms with Gasteiger partial charge in [0.2, 0.25) is 0 Å². The molecule has 0 spiro atoms. The van der Waals surface area contributed by atoms with Crippen molar-refractivity contribution in [1.29, 1.82) is 0 Å². The first-order valence-electron chi connectivity index (χ1n) is 26.0. The third-order valence-electron chi connectivity index (χ3n) is 14.6. The highest BCUT2D eigenvalue weighted by atomic mass is 127. The van der Waals surface area contributed by atoms with Crippen LogP contribution in [0.15, 0.2) is 127 Å². The number of fused-ring (bicyclic) bond motifs is 3. The van der Waals surface area contributed by atoms with Crippen LogP contribution >= 0.6 is 47.4 Å². The molecule has 0 bridgehead atoms. The molecule has 0 radical (unpaired) electrons. The highest BCUT2D eigenvalue weighted by Crippen LogP contribution is 2.35. The quantitative estimate of drug-likeness (QED) is 0.0677. The number of benzene rings is 6. The van der Waals surface area contributed by atoms with Gasteiger partial charge in [0.1, 0.15) is 0 Å². The minimum Gasteiger partial charge on any atom is -0.390 e. The number of aryl methyl sites for hydroxylation is 1. The van der Waals surface area contributed by atoms with Crippen molar-refractivity contribution in [2.24, 2.45) is 0 Å². The van der Waals surface area contributed by atoms with Crippen LogP contribution in [0.1, 0.15) is 50.1 Å². The second kappa shape index (κ2) is 28.5. The monoisotopic (exact) mass is 1260 g/mol. The Morgan fingerprint density at radius 3 is 1.14 bits per heavy atom. The maximum absolute atomic E-state index is 12.7. The van der Waals surface area contributed by atoms with Gasteiger partial charge in [-0.15, -0.1) is 24.8 Å². The van der Waals surface area contributed by atoms with E-state index in [1.807, 2.05) is 41.3 Å². The molecule has 6 aliphatic heterocycles. The van der Waals surface area contributed by atoms with Crippen molar-refractivity contribution in [3.8, 4) is 33.4 Å². The number of hydrogen-bond acceptors (Lipinski definition) is 7. The highest BCUT2D eigenvalue weighted by Gasteiger charge is 2.35. The fraction of sp³-hybridized carbons (Fsp3) is 0.367. The third-order valence-corrected chi connectivity index (χ3v) is 14.6. The molecule has 11 nitrogen and oxygen atoms in total. The van der Waals surface area contributed by atoms with E-state index in [0.717, 1.165) is 103 Å². The van der Waals surface area contributed by atoms with Gasteiger partial charge in [0.15, 0.2) is 0 Å². The molecule has 0 aliphatic carbocycles. The molecule has 6 aliphatic rings. The van der Waals surface area contributed by atoms with E-state index in [4.69, 9.17) is 5.11 Å². The molecule has 0 unspecified atom stereocenters. The molecule has 430 valence electrons. The lowest BCUT2D eigenvalue weighted by Gasteiger charge is -2.40. The minimum absolute atomic E-state index is 0. The number of nitrogens with zero attached hydrogens (tertiary/aromatic N) is 4. The summed E-state index contributed by atoms with van der Waals surface area (Å²) >= 11 is 2.15. The number of amides is 4. The van der Waals surface area contributed by atoms with E-state index in [-0.39, 0.29) is 43.0 Å². The molecular weight excluding hydrogens is 1200 g/mol. The Kier molecular flexibility index (Phi) is 22.7. The predicted octanol–water partition coefficient (Wildman–Crippen LogP) is 11.2. The number of carbonyl (C=O) groups excluding carboxylic acids is 2. The molecule has 0 saturated carbocycles. The van der Waals surface area contributed by atoms with Crippen LogP contribution in [0.4, 0.5) is 35.9 Å². The summed E-state index contributed by atoms with van der Waals surface area (Å²) in [5.74, 6) is 0. The van der Waals surface area contributed by atoms with Gasteiger partial charge in [0, 0.05) is 45.8 Å². The maximum atomic E-state index is 12.7. The average Bonchev–Trinajstić information content (AvgIpc) is 3.46. The number of halogens is 9. The summed E-state index contributed by atoms with van der Waals surface area (Å²) in [5.41, 5.74) is 13.0.